The summed E-state index contributed by atoms with van der Waals surface area (Å²) in [6.07, 6.45) is 1.52. The van der Waals surface area contributed by atoms with Crippen molar-refractivity contribution in [3.05, 3.63) is 35.8 Å². The molecule has 1 aromatic heterocycles. The maximum atomic E-state index is 12.9. The van der Waals surface area contributed by atoms with E-state index in [0.29, 0.717) is 15.8 Å². The van der Waals surface area contributed by atoms with Crippen molar-refractivity contribution in [1.29, 1.82) is 5.26 Å². The zero-order valence-electron chi connectivity index (χ0n) is 8.07. The van der Waals surface area contributed by atoms with Gasteiger partial charge < -0.3 is 11.1 Å². The van der Waals surface area contributed by atoms with Crippen molar-refractivity contribution in [3.8, 4) is 6.07 Å². The molecule has 0 unspecified atom stereocenters. The van der Waals surface area contributed by atoms with E-state index in [2.05, 4.69) is 10.3 Å². The topological polar surface area (TPSA) is 74.7 Å². The number of nitrogen functional groups attached to an aromatic ring is 1. The second-order valence-electron chi connectivity index (χ2n) is 2.99. The van der Waals surface area contributed by atoms with Crippen molar-refractivity contribution in [2.24, 2.45) is 0 Å². The van der Waals surface area contributed by atoms with Gasteiger partial charge in [0.1, 0.15) is 16.9 Å². The number of anilines is 3. The number of aromatic nitrogens is 1. The van der Waals surface area contributed by atoms with Gasteiger partial charge in [-0.05, 0) is 18.2 Å². The summed E-state index contributed by atoms with van der Waals surface area (Å²) < 4.78 is 12.9. The quantitative estimate of drug-likeness (QED) is 0.837. The summed E-state index contributed by atoms with van der Waals surface area (Å²) >= 11 is 1.26. The lowest BCUT2D eigenvalue weighted by molar-refractivity contribution is 0.627. The van der Waals surface area contributed by atoms with Gasteiger partial charge in [-0.25, -0.2) is 9.37 Å². The van der Waals surface area contributed by atoms with Crippen LogP contribution in [-0.2, 0) is 0 Å². The SMILES string of the molecule is N#Cc1cc(F)ccc1Nc1ncc(N)s1. The Bertz CT molecular complexity index is 558. The van der Waals surface area contributed by atoms with Crippen LogP contribution in [0.2, 0.25) is 0 Å². The molecule has 6 heteroatoms. The molecular weight excluding hydrogens is 227 g/mol. The second-order valence-corrected chi connectivity index (χ2v) is 4.06. The van der Waals surface area contributed by atoms with E-state index in [1.165, 1.54) is 35.7 Å². The van der Waals surface area contributed by atoms with Gasteiger partial charge in [0.05, 0.1) is 17.4 Å². The lowest BCUT2D eigenvalue weighted by atomic mass is 10.2. The lowest BCUT2D eigenvalue weighted by Gasteiger charge is -2.04. The Hall–Kier alpha value is -2.13. The zero-order valence-corrected chi connectivity index (χ0v) is 8.88. The van der Waals surface area contributed by atoms with Crippen LogP contribution in [-0.4, -0.2) is 4.98 Å². The average molecular weight is 234 g/mol. The van der Waals surface area contributed by atoms with E-state index in [1.54, 1.807) is 0 Å². The van der Waals surface area contributed by atoms with Crippen molar-refractivity contribution in [3.63, 3.8) is 0 Å². The summed E-state index contributed by atoms with van der Waals surface area (Å²) in [7, 11) is 0. The fraction of sp³-hybridized carbons (Fsp3) is 0. The molecule has 80 valence electrons. The number of halogens is 1. The highest BCUT2D eigenvalue weighted by Gasteiger charge is 2.05. The van der Waals surface area contributed by atoms with Crippen LogP contribution < -0.4 is 11.1 Å². The third kappa shape index (κ3) is 2.10. The Morgan fingerprint density at radius 1 is 1.50 bits per heavy atom. The molecule has 2 aromatic rings. The smallest absolute Gasteiger partial charge is 0.189 e. The summed E-state index contributed by atoms with van der Waals surface area (Å²) in [5.74, 6) is -0.444. The highest BCUT2D eigenvalue weighted by atomic mass is 32.1. The number of hydrogen-bond donors (Lipinski definition) is 2. The zero-order chi connectivity index (χ0) is 11.5. The second kappa shape index (κ2) is 4.16. The summed E-state index contributed by atoms with van der Waals surface area (Å²) in [6.45, 7) is 0. The molecule has 2 rings (SSSR count). The van der Waals surface area contributed by atoms with Gasteiger partial charge in [-0.2, -0.15) is 5.26 Å². The van der Waals surface area contributed by atoms with E-state index in [4.69, 9.17) is 11.0 Å². The molecule has 0 saturated carbocycles. The lowest BCUT2D eigenvalue weighted by Crippen LogP contribution is -1.93. The largest absolute Gasteiger partial charge is 0.389 e. The van der Waals surface area contributed by atoms with Crippen LogP contribution in [0, 0.1) is 17.1 Å². The summed E-state index contributed by atoms with van der Waals surface area (Å²) in [4.78, 5) is 3.99. The standard InChI is InChI=1S/C10H7FN4S/c11-7-1-2-8(6(3-7)4-12)15-10-14-5-9(13)16-10/h1-3,5H,13H2,(H,14,15). The minimum Gasteiger partial charge on any atom is -0.389 e. The predicted molar refractivity (Wildman–Crippen MR) is 60.9 cm³/mol. The normalized spacial score (nSPS) is 9.75. The van der Waals surface area contributed by atoms with E-state index >= 15 is 0 Å². The molecular formula is C10H7FN4S. The summed E-state index contributed by atoms with van der Waals surface area (Å²) in [6, 6.07) is 5.84. The average Bonchev–Trinajstić information content (AvgIpc) is 2.67. The molecule has 0 spiro atoms. The maximum Gasteiger partial charge on any atom is 0.189 e. The highest BCUT2D eigenvalue weighted by Crippen LogP contribution is 2.26. The molecule has 0 saturated heterocycles. The third-order valence-corrected chi connectivity index (χ3v) is 2.61. The van der Waals surface area contributed by atoms with Crippen LogP contribution in [0.5, 0.6) is 0 Å². The fourth-order valence-electron chi connectivity index (χ4n) is 1.18. The number of nitrogens with two attached hydrogens (primary N) is 1. The van der Waals surface area contributed by atoms with Gasteiger partial charge in [0.25, 0.3) is 0 Å². The van der Waals surface area contributed by atoms with Crippen LogP contribution in [0.1, 0.15) is 5.56 Å². The summed E-state index contributed by atoms with van der Waals surface area (Å²) in [5.41, 5.74) is 6.26. The molecule has 16 heavy (non-hydrogen) atoms. The first-order valence-corrected chi connectivity index (χ1v) is 5.18. The van der Waals surface area contributed by atoms with Crippen molar-refractivity contribution in [1.82, 2.24) is 4.98 Å². The van der Waals surface area contributed by atoms with Crippen LogP contribution >= 0.6 is 11.3 Å². The Balaban J connectivity index is 2.31. The van der Waals surface area contributed by atoms with Crippen LogP contribution in [0.3, 0.4) is 0 Å². The molecule has 1 aromatic carbocycles. The minimum atomic E-state index is -0.444. The van der Waals surface area contributed by atoms with Gasteiger partial charge in [0.2, 0.25) is 0 Å². The Morgan fingerprint density at radius 3 is 2.94 bits per heavy atom. The molecule has 0 aliphatic heterocycles. The Labute approximate surface area is 95.2 Å². The van der Waals surface area contributed by atoms with E-state index < -0.39 is 5.82 Å². The summed E-state index contributed by atoms with van der Waals surface area (Å²) in [5, 5.41) is 12.9. The molecule has 0 bridgehead atoms. The van der Waals surface area contributed by atoms with E-state index in [0.717, 1.165) is 0 Å². The number of benzene rings is 1. The minimum absolute atomic E-state index is 0.230. The van der Waals surface area contributed by atoms with E-state index in [9.17, 15) is 4.39 Å². The Morgan fingerprint density at radius 2 is 2.31 bits per heavy atom. The first kappa shape index (κ1) is 10.4. The van der Waals surface area contributed by atoms with Gasteiger partial charge in [-0.15, -0.1) is 0 Å². The number of thiazole rings is 1. The molecule has 3 N–H and O–H groups in total. The first-order chi connectivity index (χ1) is 7.69. The van der Waals surface area contributed by atoms with Crippen LogP contribution in [0.4, 0.5) is 20.2 Å². The Kier molecular flexibility index (Phi) is 2.70. The molecule has 0 amide bonds. The van der Waals surface area contributed by atoms with Crippen molar-refractivity contribution in [2.45, 2.75) is 0 Å². The van der Waals surface area contributed by atoms with Gasteiger partial charge in [0.15, 0.2) is 5.13 Å². The van der Waals surface area contributed by atoms with Crippen LogP contribution in [0.15, 0.2) is 24.4 Å². The maximum absolute atomic E-state index is 12.9. The number of nitriles is 1. The van der Waals surface area contributed by atoms with Gasteiger partial charge in [-0.3, -0.25) is 0 Å². The van der Waals surface area contributed by atoms with Crippen LogP contribution in [0.25, 0.3) is 0 Å². The van der Waals surface area contributed by atoms with Gasteiger partial charge in [0, 0.05) is 0 Å². The van der Waals surface area contributed by atoms with Crippen molar-refractivity contribution < 1.29 is 4.39 Å². The van der Waals surface area contributed by atoms with E-state index in [1.807, 2.05) is 6.07 Å². The molecule has 0 fully saturated rings. The fourth-order valence-corrected chi connectivity index (χ4v) is 1.77. The molecule has 0 aliphatic carbocycles. The van der Waals surface area contributed by atoms with Crippen molar-refractivity contribution >= 4 is 27.2 Å². The van der Waals surface area contributed by atoms with Gasteiger partial charge >= 0.3 is 0 Å². The monoisotopic (exact) mass is 234 g/mol. The molecule has 4 nitrogen and oxygen atoms in total. The first-order valence-electron chi connectivity index (χ1n) is 4.37. The molecule has 1 heterocycles. The number of rotatable bonds is 2. The highest BCUT2D eigenvalue weighted by molar-refractivity contribution is 7.19. The number of nitrogens with zero attached hydrogens (tertiary/aromatic N) is 2. The number of hydrogen-bond acceptors (Lipinski definition) is 5. The predicted octanol–water partition coefficient (Wildman–Crippen LogP) is 2.48. The molecule has 0 atom stereocenters. The third-order valence-electron chi connectivity index (χ3n) is 1.87. The van der Waals surface area contributed by atoms with E-state index in [-0.39, 0.29) is 5.56 Å². The molecule has 0 radical (unpaired) electrons. The van der Waals surface area contributed by atoms with Crippen molar-refractivity contribution in [2.75, 3.05) is 11.1 Å². The number of nitrogens with one attached hydrogen (secondary N) is 1. The molecule has 0 aliphatic rings. The van der Waals surface area contributed by atoms with Gasteiger partial charge in [-0.1, -0.05) is 11.3 Å².